The van der Waals surface area contributed by atoms with Gasteiger partial charge in [0, 0.05) is 6.20 Å². The number of benzene rings is 1. The molecule has 2 aromatic rings. The van der Waals surface area contributed by atoms with E-state index in [1.54, 1.807) is 25.3 Å². The lowest BCUT2D eigenvalue weighted by Gasteiger charge is -2.27. The number of carbonyl (C=O) groups is 2. The van der Waals surface area contributed by atoms with E-state index in [0.717, 1.165) is 24.8 Å². The quantitative estimate of drug-likeness (QED) is 0.853. The molecule has 3 rings (SSSR count). The Hall–Kier alpha value is -2.56. The van der Waals surface area contributed by atoms with Gasteiger partial charge in [-0.2, -0.15) is 0 Å². The lowest BCUT2D eigenvalue weighted by atomic mass is 9.87. The first-order chi connectivity index (χ1) is 11.1. The van der Waals surface area contributed by atoms with Crippen LogP contribution in [0.25, 0.3) is 0 Å². The van der Waals surface area contributed by atoms with E-state index in [1.165, 1.54) is 5.56 Å². The highest BCUT2D eigenvalue weighted by Gasteiger charge is 2.25. The van der Waals surface area contributed by atoms with Gasteiger partial charge in [-0.15, -0.1) is 0 Å². The topological polar surface area (TPSA) is 71.2 Å². The number of amides is 1. The summed E-state index contributed by atoms with van der Waals surface area (Å²) in [7, 11) is 0. The number of H-pyrrole nitrogens is 1. The average Bonchev–Trinajstić information content (AvgIpc) is 3.09. The molecule has 2 atom stereocenters. The first-order valence-corrected chi connectivity index (χ1v) is 7.87. The summed E-state index contributed by atoms with van der Waals surface area (Å²) in [6.07, 6.45) is 3.79. The molecule has 2 N–H and O–H groups in total. The third kappa shape index (κ3) is 3.44. The molecule has 23 heavy (non-hydrogen) atoms. The molecule has 1 aliphatic carbocycles. The van der Waals surface area contributed by atoms with Crippen LogP contribution in [-0.4, -0.2) is 23.0 Å². The van der Waals surface area contributed by atoms with Gasteiger partial charge in [0.1, 0.15) is 5.69 Å². The normalized spacial score (nSPS) is 17.9. The SMILES string of the molecule is C[C@@H](OC(=O)c1ccc[nH]1)C(=O)N[C@H]1CCCc2ccccc21. The van der Waals surface area contributed by atoms with Gasteiger partial charge < -0.3 is 15.0 Å². The second-order valence-electron chi connectivity index (χ2n) is 5.78. The van der Waals surface area contributed by atoms with Crippen molar-refractivity contribution in [2.45, 2.75) is 38.3 Å². The molecule has 0 radical (unpaired) electrons. The molecule has 1 amide bonds. The van der Waals surface area contributed by atoms with E-state index < -0.39 is 12.1 Å². The van der Waals surface area contributed by atoms with Crippen molar-refractivity contribution >= 4 is 11.9 Å². The number of aromatic nitrogens is 1. The highest BCUT2D eigenvalue weighted by molar-refractivity contribution is 5.90. The number of rotatable bonds is 4. The van der Waals surface area contributed by atoms with Crippen molar-refractivity contribution in [3.8, 4) is 0 Å². The van der Waals surface area contributed by atoms with Crippen LogP contribution in [0.3, 0.4) is 0 Å². The molecule has 0 saturated carbocycles. The molecule has 0 spiro atoms. The number of carbonyl (C=O) groups excluding carboxylic acids is 2. The predicted octanol–water partition coefficient (Wildman–Crippen LogP) is 2.75. The van der Waals surface area contributed by atoms with E-state index in [1.807, 2.05) is 12.1 Å². The summed E-state index contributed by atoms with van der Waals surface area (Å²) in [5.74, 6) is -0.798. The second kappa shape index (κ2) is 6.69. The lowest BCUT2D eigenvalue weighted by Crippen LogP contribution is -2.39. The fourth-order valence-electron chi connectivity index (χ4n) is 2.93. The minimum Gasteiger partial charge on any atom is -0.448 e. The van der Waals surface area contributed by atoms with Crippen LogP contribution in [0.1, 0.15) is 47.4 Å². The maximum absolute atomic E-state index is 12.3. The number of aryl methyl sites for hydroxylation is 1. The Morgan fingerprint density at radius 3 is 2.87 bits per heavy atom. The molecular weight excluding hydrogens is 292 g/mol. The number of hydrogen-bond acceptors (Lipinski definition) is 3. The monoisotopic (exact) mass is 312 g/mol. The summed E-state index contributed by atoms with van der Waals surface area (Å²) in [4.78, 5) is 27.0. The van der Waals surface area contributed by atoms with Crippen LogP contribution < -0.4 is 5.32 Å². The Labute approximate surface area is 135 Å². The molecule has 0 saturated heterocycles. The summed E-state index contributed by atoms with van der Waals surface area (Å²) < 4.78 is 5.20. The summed E-state index contributed by atoms with van der Waals surface area (Å²) in [6.45, 7) is 1.59. The van der Waals surface area contributed by atoms with Gasteiger partial charge in [-0.05, 0) is 49.4 Å². The highest BCUT2D eigenvalue weighted by Crippen LogP contribution is 2.29. The molecular formula is C18H20N2O3. The van der Waals surface area contributed by atoms with Crippen LogP contribution in [0.5, 0.6) is 0 Å². The summed E-state index contributed by atoms with van der Waals surface area (Å²) >= 11 is 0. The Balaban J connectivity index is 1.62. The number of nitrogens with one attached hydrogen (secondary N) is 2. The molecule has 1 aromatic carbocycles. The smallest absolute Gasteiger partial charge is 0.355 e. The van der Waals surface area contributed by atoms with E-state index in [2.05, 4.69) is 22.4 Å². The molecule has 120 valence electrons. The molecule has 1 aliphatic rings. The zero-order valence-electron chi connectivity index (χ0n) is 13.0. The third-order valence-corrected chi connectivity index (χ3v) is 4.16. The van der Waals surface area contributed by atoms with E-state index in [0.29, 0.717) is 5.69 Å². The third-order valence-electron chi connectivity index (χ3n) is 4.16. The van der Waals surface area contributed by atoms with Gasteiger partial charge in [0.25, 0.3) is 5.91 Å². The predicted molar refractivity (Wildman–Crippen MR) is 85.9 cm³/mol. The van der Waals surface area contributed by atoms with E-state index in [9.17, 15) is 9.59 Å². The van der Waals surface area contributed by atoms with Crippen molar-refractivity contribution in [2.24, 2.45) is 0 Å². The summed E-state index contributed by atoms with van der Waals surface area (Å²) in [5.41, 5.74) is 2.78. The highest BCUT2D eigenvalue weighted by atomic mass is 16.5. The van der Waals surface area contributed by atoms with Gasteiger partial charge in [0.15, 0.2) is 6.10 Å². The van der Waals surface area contributed by atoms with E-state index in [4.69, 9.17) is 4.74 Å². The molecule has 5 nitrogen and oxygen atoms in total. The van der Waals surface area contributed by atoms with Crippen LogP contribution in [0.2, 0.25) is 0 Å². The van der Waals surface area contributed by atoms with Crippen LogP contribution in [-0.2, 0) is 16.0 Å². The van der Waals surface area contributed by atoms with Crippen LogP contribution in [0.15, 0.2) is 42.6 Å². The number of fused-ring (bicyclic) bond motifs is 1. The molecule has 0 unspecified atom stereocenters. The Kier molecular flexibility index (Phi) is 4.46. The Morgan fingerprint density at radius 1 is 1.26 bits per heavy atom. The molecule has 5 heteroatoms. The van der Waals surface area contributed by atoms with Crippen molar-refractivity contribution in [3.63, 3.8) is 0 Å². The second-order valence-corrected chi connectivity index (χ2v) is 5.78. The van der Waals surface area contributed by atoms with Crippen molar-refractivity contribution in [1.29, 1.82) is 0 Å². The molecule has 0 aliphatic heterocycles. The van der Waals surface area contributed by atoms with Gasteiger partial charge in [-0.25, -0.2) is 4.79 Å². The van der Waals surface area contributed by atoms with Crippen molar-refractivity contribution in [1.82, 2.24) is 10.3 Å². The Bertz CT molecular complexity index is 694. The van der Waals surface area contributed by atoms with Crippen LogP contribution in [0, 0.1) is 0 Å². The lowest BCUT2D eigenvalue weighted by molar-refractivity contribution is -0.130. The van der Waals surface area contributed by atoms with Gasteiger partial charge in [0.2, 0.25) is 0 Å². The van der Waals surface area contributed by atoms with Gasteiger partial charge in [0.05, 0.1) is 6.04 Å². The molecule has 1 aromatic heterocycles. The number of aromatic amines is 1. The zero-order chi connectivity index (χ0) is 16.2. The number of ether oxygens (including phenoxy) is 1. The maximum Gasteiger partial charge on any atom is 0.355 e. The van der Waals surface area contributed by atoms with Crippen molar-refractivity contribution in [3.05, 3.63) is 59.4 Å². The average molecular weight is 312 g/mol. The van der Waals surface area contributed by atoms with Crippen LogP contribution in [0.4, 0.5) is 0 Å². The van der Waals surface area contributed by atoms with Crippen molar-refractivity contribution < 1.29 is 14.3 Å². The number of esters is 1. The zero-order valence-corrected chi connectivity index (χ0v) is 13.0. The first-order valence-electron chi connectivity index (χ1n) is 7.87. The summed E-state index contributed by atoms with van der Waals surface area (Å²) in [6, 6.07) is 11.5. The van der Waals surface area contributed by atoms with Gasteiger partial charge >= 0.3 is 5.97 Å². The van der Waals surface area contributed by atoms with E-state index >= 15 is 0 Å². The first kappa shape index (κ1) is 15.3. The van der Waals surface area contributed by atoms with Gasteiger partial charge in [-0.1, -0.05) is 24.3 Å². The van der Waals surface area contributed by atoms with Crippen molar-refractivity contribution in [2.75, 3.05) is 0 Å². The van der Waals surface area contributed by atoms with E-state index in [-0.39, 0.29) is 11.9 Å². The maximum atomic E-state index is 12.3. The number of hydrogen-bond donors (Lipinski definition) is 2. The minimum absolute atomic E-state index is 0.0147. The molecule has 0 bridgehead atoms. The minimum atomic E-state index is -0.833. The fraction of sp³-hybridized carbons (Fsp3) is 0.333. The standard InChI is InChI=1S/C18H20N2O3/c1-12(23-18(22)16-10-5-11-19-16)17(21)20-15-9-4-7-13-6-2-3-8-14(13)15/h2-3,5-6,8,10-12,15,19H,4,7,9H2,1H3,(H,20,21)/t12-,15+/m1/s1. The fourth-order valence-corrected chi connectivity index (χ4v) is 2.93. The molecule has 0 fully saturated rings. The Morgan fingerprint density at radius 2 is 2.09 bits per heavy atom. The largest absolute Gasteiger partial charge is 0.448 e. The summed E-state index contributed by atoms with van der Waals surface area (Å²) in [5, 5.41) is 3.00. The van der Waals surface area contributed by atoms with Crippen LogP contribution >= 0.6 is 0 Å². The van der Waals surface area contributed by atoms with Gasteiger partial charge in [-0.3, -0.25) is 4.79 Å². The molecule has 1 heterocycles.